The van der Waals surface area contributed by atoms with Crippen LogP contribution in [0.5, 0.6) is 0 Å². The van der Waals surface area contributed by atoms with E-state index in [2.05, 4.69) is 16.0 Å². The molecule has 1 unspecified atom stereocenters. The summed E-state index contributed by atoms with van der Waals surface area (Å²) >= 11 is 11.9. The SMILES string of the molecule is N=C(N)NCCC[C@H](NC(=O)c1ccc(Cl)c(Cl)c1)C(=O)NC(Cc1ccccc1)C(N)=O. The molecule has 176 valence electrons. The van der Waals surface area contributed by atoms with Gasteiger partial charge >= 0.3 is 0 Å². The van der Waals surface area contributed by atoms with Crippen molar-refractivity contribution < 1.29 is 14.4 Å². The predicted molar refractivity (Wildman–Crippen MR) is 128 cm³/mol. The van der Waals surface area contributed by atoms with Gasteiger partial charge in [0.25, 0.3) is 5.91 Å². The Kier molecular flexibility index (Phi) is 9.96. The van der Waals surface area contributed by atoms with Gasteiger partial charge in [-0.15, -0.1) is 0 Å². The van der Waals surface area contributed by atoms with Crippen LogP contribution < -0.4 is 27.4 Å². The van der Waals surface area contributed by atoms with Crippen LogP contribution in [0.25, 0.3) is 0 Å². The Balaban J connectivity index is 2.13. The van der Waals surface area contributed by atoms with Crippen LogP contribution in [-0.4, -0.2) is 42.3 Å². The lowest BCUT2D eigenvalue weighted by Crippen LogP contribution is -2.53. The molecule has 2 aromatic carbocycles. The number of nitrogens with one attached hydrogen (secondary N) is 4. The zero-order valence-electron chi connectivity index (χ0n) is 17.7. The molecule has 11 heteroatoms. The zero-order valence-corrected chi connectivity index (χ0v) is 19.2. The van der Waals surface area contributed by atoms with E-state index in [0.29, 0.717) is 18.0 Å². The molecule has 0 aliphatic rings. The van der Waals surface area contributed by atoms with Crippen molar-refractivity contribution in [2.24, 2.45) is 11.5 Å². The Morgan fingerprint density at radius 3 is 2.24 bits per heavy atom. The van der Waals surface area contributed by atoms with E-state index in [-0.39, 0.29) is 29.4 Å². The van der Waals surface area contributed by atoms with E-state index in [9.17, 15) is 14.4 Å². The number of amides is 3. The summed E-state index contributed by atoms with van der Waals surface area (Å²) in [6, 6.07) is 11.5. The van der Waals surface area contributed by atoms with Crippen molar-refractivity contribution in [2.45, 2.75) is 31.3 Å². The highest BCUT2D eigenvalue weighted by Crippen LogP contribution is 2.22. The molecule has 2 rings (SSSR count). The van der Waals surface area contributed by atoms with E-state index in [1.165, 1.54) is 18.2 Å². The summed E-state index contributed by atoms with van der Waals surface area (Å²) in [5.74, 6) is -1.99. The van der Waals surface area contributed by atoms with Crippen molar-refractivity contribution in [1.29, 1.82) is 5.41 Å². The summed E-state index contributed by atoms with van der Waals surface area (Å²) < 4.78 is 0. The second kappa shape index (κ2) is 12.7. The molecule has 0 saturated carbocycles. The van der Waals surface area contributed by atoms with Crippen molar-refractivity contribution in [3.63, 3.8) is 0 Å². The molecule has 0 spiro atoms. The average molecular weight is 493 g/mol. The Labute approximate surface area is 201 Å². The van der Waals surface area contributed by atoms with Crippen LogP contribution in [0.1, 0.15) is 28.8 Å². The number of guanidine groups is 1. The molecule has 3 amide bonds. The average Bonchev–Trinajstić information content (AvgIpc) is 2.77. The highest BCUT2D eigenvalue weighted by molar-refractivity contribution is 6.42. The van der Waals surface area contributed by atoms with Crippen LogP contribution in [0.4, 0.5) is 0 Å². The molecule has 0 aliphatic heterocycles. The number of nitrogens with two attached hydrogens (primary N) is 2. The normalized spacial score (nSPS) is 12.3. The lowest BCUT2D eigenvalue weighted by Gasteiger charge is -2.22. The van der Waals surface area contributed by atoms with Crippen molar-refractivity contribution in [1.82, 2.24) is 16.0 Å². The second-order valence-electron chi connectivity index (χ2n) is 7.29. The number of halogens is 2. The van der Waals surface area contributed by atoms with Gasteiger partial charge in [-0.3, -0.25) is 19.8 Å². The van der Waals surface area contributed by atoms with Gasteiger partial charge in [0.05, 0.1) is 10.0 Å². The lowest BCUT2D eigenvalue weighted by atomic mass is 10.0. The van der Waals surface area contributed by atoms with Crippen LogP contribution >= 0.6 is 23.2 Å². The molecule has 0 aromatic heterocycles. The molecule has 0 aliphatic carbocycles. The van der Waals surface area contributed by atoms with Crippen molar-refractivity contribution >= 4 is 46.9 Å². The van der Waals surface area contributed by atoms with Crippen LogP contribution in [0.3, 0.4) is 0 Å². The topological polar surface area (TPSA) is 163 Å². The van der Waals surface area contributed by atoms with Crippen molar-refractivity contribution in [3.8, 4) is 0 Å². The molecule has 0 bridgehead atoms. The molecule has 0 saturated heterocycles. The maximum absolute atomic E-state index is 13.0. The van der Waals surface area contributed by atoms with Crippen LogP contribution in [0.15, 0.2) is 48.5 Å². The Morgan fingerprint density at radius 1 is 0.939 bits per heavy atom. The fourth-order valence-corrected chi connectivity index (χ4v) is 3.32. The van der Waals surface area contributed by atoms with Crippen molar-refractivity contribution in [2.75, 3.05) is 6.54 Å². The smallest absolute Gasteiger partial charge is 0.251 e. The number of hydrogen-bond acceptors (Lipinski definition) is 4. The van der Waals surface area contributed by atoms with E-state index < -0.39 is 29.8 Å². The summed E-state index contributed by atoms with van der Waals surface area (Å²) in [5, 5.41) is 15.6. The van der Waals surface area contributed by atoms with E-state index in [0.717, 1.165) is 5.56 Å². The number of carbonyl (C=O) groups excluding carboxylic acids is 3. The monoisotopic (exact) mass is 492 g/mol. The molecule has 33 heavy (non-hydrogen) atoms. The molecule has 0 fully saturated rings. The first-order valence-corrected chi connectivity index (χ1v) is 10.9. The van der Waals surface area contributed by atoms with Gasteiger partial charge in [0, 0.05) is 18.5 Å². The maximum Gasteiger partial charge on any atom is 0.251 e. The van der Waals surface area contributed by atoms with Gasteiger partial charge in [-0.25, -0.2) is 0 Å². The number of rotatable bonds is 11. The Hall–Kier alpha value is -3.30. The molecule has 0 heterocycles. The summed E-state index contributed by atoms with van der Waals surface area (Å²) in [6.45, 7) is 0.324. The third kappa shape index (κ3) is 8.63. The molecule has 8 N–H and O–H groups in total. The molecule has 2 atom stereocenters. The molecule has 9 nitrogen and oxygen atoms in total. The number of primary amides is 1. The quantitative estimate of drug-likeness (QED) is 0.159. The van der Waals surface area contributed by atoms with Crippen LogP contribution in [0.2, 0.25) is 10.0 Å². The Bertz CT molecular complexity index is 1000. The molecule has 2 aromatic rings. The zero-order chi connectivity index (χ0) is 24.4. The summed E-state index contributed by atoms with van der Waals surface area (Å²) in [7, 11) is 0. The van der Waals surface area contributed by atoms with Gasteiger partial charge in [0.2, 0.25) is 11.8 Å². The standard InChI is InChI=1S/C22H26Cl2N6O3/c23-15-9-8-14(12-16(15)24)20(32)29-17(7-4-10-28-22(26)27)21(33)30-18(19(25)31)11-13-5-2-1-3-6-13/h1-3,5-6,8-9,12,17-18H,4,7,10-11H2,(H2,25,31)(H,29,32)(H,30,33)(H4,26,27,28)/t17-,18?/m0/s1. The maximum atomic E-state index is 13.0. The number of benzene rings is 2. The minimum Gasteiger partial charge on any atom is -0.370 e. The molecular formula is C22H26Cl2N6O3. The summed E-state index contributed by atoms with van der Waals surface area (Å²) in [4.78, 5) is 37.7. The van der Waals surface area contributed by atoms with Gasteiger partial charge in [-0.05, 0) is 36.6 Å². The first-order valence-electron chi connectivity index (χ1n) is 10.1. The first kappa shape index (κ1) is 26.0. The predicted octanol–water partition coefficient (Wildman–Crippen LogP) is 1.57. The largest absolute Gasteiger partial charge is 0.370 e. The lowest BCUT2D eigenvalue weighted by molar-refractivity contribution is -0.128. The van der Waals surface area contributed by atoms with E-state index in [1.54, 1.807) is 0 Å². The Morgan fingerprint density at radius 2 is 1.64 bits per heavy atom. The fraction of sp³-hybridized carbons (Fsp3) is 0.273. The summed E-state index contributed by atoms with van der Waals surface area (Å²) in [5.41, 5.74) is 11.8. The molecule has 0 radical (unpaired) electrons. The van der Waals surface area contributed by atoms with Crippen LogP contribution in [0, 0.1) is 5.41 Å². The van der Waals surface area contributed by atoms with Crippen LogP contribution in [-0.2, 0) is 16.0 Å². The molecular weight excluding hydrogens is 467 g/mol. The highest BCUT2D eigenvalue weighted by Gasteiger charge is 2.26. The van der Waals surface area contributed by atoms with Gasteiger partial charge in [0.15, 0.2) is 5.96 Å². The van der Waals surface area contributed by atoms with Gasteiger partial charge < -0.3 is 27.4 Å². The minimum atomic E-state index is -0.974. The van der Waals surface area contributed by atoms with Crippen molar-refractivity contribution in [3.05, 3.63) is 69.7 Å². The third-order valence-corrected chi connectivity index (χ3v) is 5.47. The third-order valence-electron chi connectivity index (χ3n) is 4.73. The van der Waals surface area contributed by atoms with Gasteiger partial charge in [-0.2, -0.15) is 0 Å². The van der Waals surface area contributed by atoms with E-state index in [4.69, 9.17) is 40.1 Å². The minimum absolute atomic E-state index is 0.201. The fourth-order valence-electron chi connectivity index (χ4n) is 3.02. The number of carbonyl (C=O) groups is 3. The summed E-state index contributed by atoms with van der Waals surface area (Å²) in [6.07, 6.45) is 0.844. The first-order chi connectivity index (χ1) is 15.7. The van der Waals surface area contributed by atoms with Gasteiger partial charge in [0.1, 0.15) is 12.1 Å². The van der Waals surface area contributed by atoms with E-state index in [1.807, 2.05) is 30.3 Å². The second-order valence-corrected chi connectivity index (χ2v) is 8.11. The van der Waals surface area contributed by atoms with E-state index >= 15 is 0 Å². The van der Waals surface area contributed by atoms with Gasteiger partial charge in [-0.1, -0.05) is 53.5 Å². The number of hydrogen-bond donors (Lipinski definition) is 6. The highest BCUT2D eigenvalue weighted by atomic mass is 35.5.